The van der Waals surface area contributed by atoms with Gasteiger partial charge in [0.05, 0.1) is 21.1 Å². The van der Waals surface area contributed by atoms with Gasteiger partial charge in [0.15, 0.2) is 0 Å². The fraction of sp³-hybridized carbons (Fsp3) is 1.00. The van der Waals surface area contributed by atoms with Crippen molar-refractivity contribution in [2.45, 2.75) is 6.29 Å². The average Bonchev–Trinajstić information content (AvgIpc) is 1.21. The van der Waals surface area contributed by atoms with Crippen LogP contribution in [-0.2, 0) is 0 Å². The van der Waals surface area contributed by atoms with Gasteiger partial charge in [0.25, 0.3) is 0 Å². The van der Waals surface area contributed by atoms with Crippen LogP contribution in [-0.4, -0.2) is 48.7 Å². The van der Waals surface area contributed by atoms with Crippen LogP contribution in [0.3, 0.4) is 0 Å². The molecule has 0 fully saturated rings. The van der Waals surface area contributed by atoms with E-state index in [0.29, 0.717) is 11.0 Å². The first kappa shape index (κ1) is 12.3. The van der Waals surface area contributed by atoms with Crippen LogP contribution >= 0.6 is 0 Å². The molecule has 0 heterocycles. The van der Waals surface area contributed by atoms with Gasteiger partial charge in [-0.3, -0.25) is 0 Å². The monoisotopic (exact) mass is 247 g/mol. The van der Waals surface area contributed by atoms with Gasteiger partial charge in [-0.2, -0.15) is 0 Å². The van der Waals surface area contributed by atoms with E-state index in [1.807, 2.05) is 21.1 Å². The summed E-state index contributed by atoms with van der Waals surface area (Å²) < 4.78 is 0.581. The Labute approximate surface area is 72.9 Å². The molecule has 0 radical (unpaired) electrons. The highest BCUT2D eigenvalue weighted by atomic mass is 127. The van der Waals surface area contributed by atoms with Crippen molar-refractivity contribution in [3.8, 4) is 0 Å². The number of likely N-dealkylation sites (N-methyl/N-ethyl adjacent to an activating group) is 1. The molecule has 0 spiro atoms. The zero-order valence-electron chi connectivity index (χ0n) is 6.00. The molecule has 0 aliphatic heterocycles. The van der Waals surface area contributed by atoms with Gasteiger partial charge < -0.3 is 38.7 Å². The number of nitrogens with zero attached hydrogens (tertiary/aromatic N) is 1. The van der Waals surface area contributed by atoms with Crippen molar-refractivity contribution in [3.05, 3.63) is 0 Å². The Morgan fingerprint density at radius 2 is 1.56 bits per heavy atom. The molecule has 0 aliphatic carbocycles. The van der Waals surface area contributed by atoms with E-state index in [9.17, 15) is 0 Å². The lowest BCUT2D eigenvalue weighted by Crippen LogP contribution is -3.00. The van der Waals surface area contributed by atoms with Crippen molar-refractivity contribution in [2.75, 3.05) is 27.7 Å². The van der Waals surface area contributed by atoms with Crippen molar-refractivity contribution in [3.63, 3.8) is 0 Å². The normalized spacial score (nSPS) is 11.3. The molecule has 0 aromatic heterocycles. The minimum atomic E-state index is -1.19. The molecule has 0 atom stereocenters. The first-order valence-electron chi connectivity index (χ1n) is 2.58. The van der Waals surface area contributed by atoms with Crippen LogP contribution < -0.4 is 24.0 Å². The first-order chi connectivity index (χ1) is 3.42. The lowest BCUT2D eigenvalue weighted by atomic mass is 10.5. The van der Waals surface area contributed by atoms with E-state index in [1.54, 1.807) is 0 Å². The molecule has 0 amide bonds. The summed E-state index contributed by atoms with van der Waals surface area (Å²) in [5.41, 5.74) is 0. The average molecular weight is 247 g/mol. The van der Waals surface area contributed by atoms with Crippen molar-refractivity contribution in [2.24, 2.45) is 0 Å². The molecule has 0 saturated heterocycles. The van der Waals surface area contributed by atoms with E-state index in [0.717, 1.165) is 0 Å². The van der Waals surface area contributed by atoms with Crippen LogP contribution in [0.15, 0.2) is 0 Å². The zero-order chi connectivity index (χ0) is 6.78. The van der Waals surface area contributed by atoms with Crippen LogP contribution in [0.1, 0.15) is 0 Å². The fourth-order valence-electron chi connectivity index (χ4n) is 0.490. The topological polar surface area (TPSA) is 40.5 Å². The second-order valence-corrected chi connectivity index (χ2v) is 2.95. The van der Waals surface area contributed by atoms with Crippen molar-refractivity contribution >= 4 is 0 Å². The number of quaternary nitrogens is 1. The second-order valence-electron chi connectivity index (χ2n) is 2.95. The molecular weight excluding hydrogens is 233 g/mol. The van der Waals surface area contributed by atoms with Gasteiger partial charge in [-0.25, -0.2) is 0 Å². The molecule has 9 heavy (non-hydrogen) atoms. The van der Waals surface area contributed by atoms with E-state index in [4.69, 9.17) is 10.2 Å². The molecule has 58 valence electrons. The van der Waals surface area contributed by atoms with E-state index in [2.05, 4.69) is 0 Å². The number of hydrogen-bond donors (Lipinski definition) is 2. The Hall–Kier alpha value is 0.610. The van der Waals surface area contributed by atoms with Crippen LogP contribution in [0, 0.1) is 0 Å². The quantitative estimate of drug-likeness (QED) is 0.297. The summed E-state index contributed by atoms with van der Waals surface area (Å²) in [7, 11) is 5.71. The molecule has 0 saturated carbocycles. The minimum absolute atomic E-state index is 0. The van der Waals surface area contributed by atoms with Gasteiger partial charge in [0.2, 0.25) is 6.29 Å². The highest BCUT2D eigenvalue weighted by Gasteiger charge is 2.10. The highest BCUT2D eigenvalue weighted by molar-refractivity contribution is 4.28. The third-order valence-electron chi connectivity index (χ3n) is 0.711. The summed E-state index contributed by atoms with van der Waals surface area (Å²) in [6, 6.07) is 0. The maximum atomic E-state index is 8.43. The molecule has 0 aliphatic rings. The van der Waals surface area contributed by atoms with Crippen LogP contribution in [0.2, 0.25) is 0 Å². The number of rotatable bonds is 2. The molecule has 0 aromatic carbocycles. The van der Waals surface area contributed by atoms with Crippen LogP contribution in [0.5, 0.6) is 0 Å². The molecule has 0 aromatic rings. The van der Waals surface area contributed by atoms with Gasteiger partial charge in [0, 0.05) is 0 Å². The van der Waals surface area contributed by atoms with E-state index in [-0.39, 0.29) is 24.0 Å². The Kier molecular flexibility index (Phi) is 6.05. The largest absolute Gasteiger partial charge is 1.00 e. The van der Waals surface area contributed by atoms with Crippen LogP contribution in [0.25, 0.3) is 0 Å². The summed E-state index contributed by atoms with van der Waals surface area (Å²) in [4.78, 5) is 0. The molecule has 4 heteroatoms. The maximum absolute atomic E-state index is 8.43. The van der Waals surface area contributed by atoms with E-state index < -0.39 is 6.29 Å². The summed E-state index contributed by atoms with van der Waals surface area (Å²) >= 11 is 0. The van der Waals surface area contributed by atoms with Gasteiger partial charge in [-0.1, -0.05) is 0 Å². The van der Waals surface area contributed by atoms with Crippen molar-refractivity contribution in [1.82, 2.24) is 0 Å². The second kappa shape index (κ2) is 4.43. The number of aliphatic hydroxyl groups excluding tert-OH is 1. The molecule has 0 unspecified atom stereocenters. The summed E-state index contributed by atoms with van der Waals surface area (Å²) in [5, 5.41) is 16.9. The van der Waals surface area contributed by atoms with Gasteiger partial charge in [-0.15, -0.1) is 0 Å². The smallest absolute Gasteiger partial charge is 0.202 e. The summed E-state index contributed by atoms with van der Waals surface area (Å²) in [6.07, 6.45) is -1.19. The Bertz CT molecular complexity index is 69.8. The maximum Gasteiger partial charge on any atom is 0.202 e. The predicted octanol–water partition coefficient (Wildman–Crippen LogP) is -3.99. The molecular formula is C5H14INO2. The number of halogens is 1. The standard InChI is InChI=1S/C5H14NO2.HI/c1-6(2,3)4-5(7)8;/h5,7-8H,4H2,1-3H3;1H/q+1;/p-1. The SMILES string of the molecule is C[N+](C)(C)CC(O)O.[I-]. The van der Waals surface area contributed by atoms with Crippen molar-refractivity contribution < 1.29 is 38.7 Å². The van der Waals surface area contributed by atoms with E-state index in [1.165, 1.54) is 0 Å². The predicted molar refractivity (Wildman–Crippen MR) is 31.1 cm³/mol. The molecule has 0 bridgehead atoms. The van der Waals surface area contributed by atoms with Crippen molar-refractivity contribution in [1.29, 1.82) is 0 Å². The Morgan fingerprint density at radius 3 is 1.56 bits per heavy atom. The lowest BCUT2D eigenvalue weighted by molar-refractivity contribution is -0.876. The first-order valence-corrected chi connectivity index (χ1v) is 2.58. The van der Waals surface area contributed by atoms with E-state index >= 15 is 0 Å². The molecule has 2 N–H and O–H groups in total. The molecule has 0 rings (SSSR count). The molecule has 3 nitrogen and oxygen atoms in total. The van der Waals surface area contributed by atoms with Gasteiger partial charge in [0.1, 0.15) is 6.54 Å². The third kappa shape index (κ3) is 12.0. The Morgan fingerprint density at radius 1 is 1.22 bits per heavy atom. The third-order valence-corrected chi connectivity index (χ3v) is 0.711. The fourth-order valence-corrected chi connectivity index (χ4v) is 0.490. The Balaban J connectivity index is 0. The number of aliphatic hydroxyl groups is 2. The summed E-state index contributed by atoms with van der Waals surface area (Å²) in [5.74, 6) is 0. The lowest BCUT2D eigenvalue weighted by Gasteiger charge is -2.24. The highest BCUT2D eigenvalue weighted by Crippen LogP contribution is 1.90. The summed E-state index contributed by atoms with van der Waals surface area (Å²) in [6.45, 7) is 0.375. The van der Waals surface area contributed by atoms with Gasteiger partial charge >= 0.3 is 0 Å². The zero-order valence-corrected chi connectivity index (χ0v) is 8.16. The number of hydrogen-bond acceptors (Lipinski definition) is 2. The van der Waals surface area contributed by atoms with Gasteiger partial charge in [-0.05, 0) is 0 Å². The minimum Gasteiger partial charge on any atom is -1.00 e. The van der Waals surface area contributed by atoms with Crippen LogP contribution in [0.4, 0.5) is 0 Å².